The minimum atomic E-state index is -4.45. The lowest BCUT2D eigenvalue weighted by atomic mass is 10.0. The number of phosphoric ester groups is 1. The molecule has 0 fully saturated rings. The van der Waals surface area contributed by atoms with Crippen LogP contribution in [0.15, 0.2) is 0 Å². The molecule has 11 nitrogen and oxygen atoms in total. The SMILES string of the molecule is COC(=O)CCCCCCCCCCCCCCCOC[C@H](COP(=O)([O-])OCC[N+](C)(C)C)OCCCCC(=O)OC. The van der Waals surface area contributed by atoms with Crippen LogP contribution in [-0.4, -0.2) is 97.5 Å². The fourth-order valence-electron chi connectivity index (χ4n) is 4.24. The lowest BCUT2D eigenvalue weighted by molar-refractivity contribution is -0.870. The maximum absolute atomic E-state index is 12.2. The molecule has 0 spiro atoms. The molecule has 43 heavy (non-hydrogen) atoms. The van der Waals surface area contributed by atoms with Gasteiger partial charge in [-0.1, -0.05) is 70.6 Å². The van der Waals surface area contributed by atoms with Crippen molar-refractivity contribution < 1.29 is 51.5 Å². The van der Waals surface area contributed by atoms with Gasteiger partial charge in [0.1, 0.15) is 19.3 Å². The van der Waals surface area contributed by atoms with Crippen LogP contribution in [-0.2, 0) is 42.1 Å². The summed E-state index contributed by atoms with van der Waals surface area (Å²) >= 11 is 0. The summed E-state index contributed by atoms with van der Waals surface area (Å²) in [6.45, 7) is 1.55. The van der Waals surface area contributed by atoms with Crippen molar-refractivity contribution in [3.63, 3.8) is 0 Å². The van der Waals surface area contributed by atoms with E-state index >= 15 is 0 Å². The Balaban J connectivity index is 4.00. The van der Waals surface area contributed by atoms with Crippen molar-refractivity contribution in [2.45, 2.75) is 115 Å². The first-order valence-corrected chi connectivity index (χ1v) is 17.7. The molecule has 0 radical (unpaired) electrons. The first-order chi connectivity index (χ1) is 20.5. The molecular formula is C31H62NO10P. The number of nitrogens with zero attached hydrogens (tertiary/aromatic N) is 1. The highest BCUT2D eigenvalue weighted by Crippen LogP contribution is 2.38. The number of likely N-dealkylation sites (N-methyl/N-ethyl adjacent to an activating group) is 1. The molecule has 0 aliphatic carbocycles. The highest BCUT2D eigenvalue weighted by atomic mass is 31.2. The third-order valence-corrected chi connectivity index (χ3v) is 7.95. The van der Waals surface area contributed by atoms with Gasteiger partial charge < -0.3 is 37.4 Å². The van der Waals surface area contributed by atoms with Gasteiger partial charge >= 0.3 is 11.9 Å². The Morgan fingerprint density at radius 1 is 0.628 bits per heavy atom. The largest absolute Gasteiger partial charge is 0.756 e. The molecule has 0 saturated heterocycles. The summed E-state index contributed by atoms with van der Waals surface area (Å²) in [7, 11) is 4.20. The zero-order chi connectivity index (χ0) is 32.2. The van der Waals surface area contributed by atoms with Crippen LogP contribution in [0, 0.1) is 0 Å². The maximum Gasteiger partial charge on any atom is 0.305 e. The second-order valence-corrected chi connectivity index (χ2v) is 13.5. The number of carbonyl (C=O) groups is 2. The van der Waals surface area contributed by atoms with Gasteiger partial charge in [-0.15, -0.1) is 0 Å². The lowest BCUT2D eigenvalue weighted by Crippen LogP contribution is -2.37. The van der Waals surface area contributed by atoms with Crippen LogP contribution in [0.5, 0.6) is 0 Å². The second-order valence-electron chi connectivity index (χ2n) is 12.1. The summed E-state index contributed by atoms with van der Waals surface area (Å²) in [5, 5.41) is 0. The van der Waals surface area contributed by atoms with Crippen LogP contribution in [0.1, 0.15) is 109 Å². The standard InChI is InChI=1S/C31H62NO10P/c1-32(2,3)23-26-41-43(35,36)42-28-29(40-25-20-18-22-31(34)38-5)27-39-24-19-16-14-12-10-8-6-7-9-11-13-15-17-21-30(33)37-4/h29H,6-28H2,1-5H3/t29-/m1/s1. The van der Waals surface area contributed by atoms with Crippen molar-refractivity contribution in [2.75, 3.05) is 74.9 Å². The van der Waals surface area contributed by atoms with E-state index in [2.05, 4.69) is 9.47 Å². The van der Waals surface area contributed by atoms with Crippen molar-refractivity contribution in [2.24, 2.45) is 0 Å². The van der Waals surface area contributed by atoms with Gasteiger partial charge in [0.2, 0.25) is 0 Å². The molecular weight excluding hydrogens is 577 g/mol. The Kier molecular flexibility index (Phi) is 26.6. The van der Waals surface area contributed by atoms with Crippen LogP contribution in [0.3, 0.4) is 0 Å². The molecule has 0 aliphatic rings. The molecule has 0 N–H and O–H groups in total. The van der Waals surface area contributed by atoms with Gasteiger partial charge in [0.25, 0.3) is 7.82 Å². The van der Waals surface area contributed by atoms with Crippen LogP contribution < -0.4 is 4.89 Å². The average molecular weight is 640 g/mol. The van der Waals surface area contributed by atoms with Gasteiger partial charge in [0.15, 0.2) is 0 Å². The summed E-state index contributed by atoms with van der Waals surface area (Å²) in [5.41, 5.74) is 0. The number of hydrogen-bond donors (Lipinski definition) is 0. The van der Waals surface area contributed by atoms with Gasteiger partial charge in [-0.25, -0.2) is 0 Å². The van der Waals surface area contributed by atoms with Crippen LogP contribution in [0.2, 0.25) is 0 Å². The topological polar surface area (TPSA) is 130 Å². The summed E-state index contributed by atoms with van der Waals surface area (Å²) in [5.74, 6) is -0.375. The highest BCUT2D eigenvalue weighted by Gasteiger charge is 2.18. The molecule has 0 aromatic heterocycles. The lowest BCUT2D eigenvalue weighted by Gasteiger charge is -2.28. The minimum absolute atomic E-state index is 0.0424. The average Bonchev–Trinajstić information content (AvgIpc) is 2.95. The van der Waals surface area contributed by atoms with E-state index in [1.807, 2.05) is 21.1 Å². The number of hydrogen-bond acceptors (Lipinski definition) is 10. The number of carbonyl (C=O) groups excluding carboxylic acids is 2. The predicted molar refractivity (Wildman–Crippen MR) is 165 cm³/mol. The number of unbranched alkanes of at least 4 members (excludes halogenated alkanes) is 13. The number of rotatable bonds is 31. The van der Waals surface area contributed by atoms with Crippen molar-refractivity contribution in [3.05, 3.63) is 0 Å². The first-order valence-electron chi connectivity index (χ1n) is 16.2. The molecule has 0 aromatic carbocycles. The van der Waals surface area contributed by atoms with E-state index in [1.165, 1.54) is 72.0 Å². The number of phosphoric acid groups is 1. The van der Waals surface area contributed by atoms with E-state index in [0.717, 1.165) is 25.7 Å². The summed E-state index contributed by atoms with van der Waals surface area (Å²) in [4.78, 5) is 34.5. The second kappa shape index (κ2) is 27.3. The van der Waals surface area contributed by atoms with Crippen molar-refractivity contribution >= 4 is 19.8 Å². The van der Waals surface area contributed by atoms with Crippen LogP contribution in [0.25, 0.3) is 0 Å². The molecule has 256 valence electrons. The van der Waals surface area contributed by atoms with Crippen molar-refractivity contribution in [1.82, 2.24) is 0 Å². The van der Waals surface area contributed by atoms with E-state index in [9.17, 15) is 19.0 Å². The molecule has 2 atom stereocenters. The quantitative estimate of drug-likeness (QED) is 0.0411. The third kappa shape index (κ3) is 30.7. The Bertz CT molecular complexity index is 732. The number of ether oxygens (including phenoxy) is 4. The molecule has 0 saturated carbocycles. The molecule has 0 rings (SSSR count). The van der Waals surface area contributed by atoms with Gasteiger partial charge in [-0.2, -0.15) is 0 Å². The molecule has 0 amide bonds. The van der Waals surface area contributed by atoms with Gasteiger partial charge in [0.05, 0.1) is 48.6 Å². The fourth-order valence-corrected chi connectivity index (χ4v) is 4.97. The van der Waals surface area contributed by atoms with E-state index in [-0.39, 0.29) is 31.8 Å². The maximum atomic E-state index is 12.2. The van der Waals surface area contributed by atoms with E-state index in [1.54, 1.807) is 0 Å². The Labute approximate surface area is 261 Å². The van der Waals surface area contributed by atoms with Crippen LogP contribution in [0.4, 0.5) is 0 Å². The Hall–Kier alpha value is -1.07. The Morgan fingerprint density at radius 2 is 1.07 bits per heavy atom. The van der Waals surface area contributed by atoms with Crippen molar-refractivity contribution in [1.29, 1.82) is 0 Å². The number of quaternary nitrogens is 1. The van der Waals surface area contributed by atoms with Gasteiger partial charge in [-0.05, 0) is 25.7 Å². The fraction of sp³-hybridized carbons (Fsp3) is 0.935. The third-order valence-electron chi connectivity index (χ3n) is 6.99. The monoisotopic (exact) mass is 639 g/mol. The Morgan fingerprint density at radius 3 is 1.56 bits per heavy atom. The highest BCUT2D eigenvalue weighted by molar-refractivity contribution is 7.45. The summed E-state index contributed by atoms with van der Waals surface area (Å²) in [6, 6.07) is 0. The van der Waals surface area contributed by atoms with Crippen molar-refractivity contribution in [3.8, 4) is 0 Å². The molecule has 0 heterocycles. The van der Waals surface area contributed by atoms with E-state index in [0.29, 0.717) is 49.9 Å². The molecule has 0 bridgehead atoms. The van der Waals surface area contributed by atoms with Gasteiger partial charge in [-0.3, -0.25) is 14.2 Å². The summed E-state index contributed by atoms with van der Waals surface area (Å²) < 4.78 is 43.7. The molecule has 1 unspecified atom stereocenters. The molecule has 12 heteroatoms. The smallest absolute Gasteiger partial charge is 0.305 e. The van der Waals surface area contributed by atoms with Crippen LogP contribution >= 0.6 is 7.82 Å². The number of methoxy groups -OCH3 is 2. The minimum Gasteiger partial charge on any atom is -0.756 e. The van der Waals surface area contributed by atoms with Gasteiger partial charge in [0, 0.05) is 26.1 Å². The normalized spacial score (nSPS) is 13.9. The number of esters is 2. The molecule has 0 aliphatic heterocycles. The molecule has 0 aromatic rings. The van der Waals surface area contributed by atoms with E-state index in [4.69, 9.17) is 18.5 Å². The first kappa shape index (κ1) is 41.9. The van der Waals surface area contributed by atoms with E-state index < -0.39 is 13.9 Å². The summed E-state index contributed by atoms with van der Waals surface area (Å²) in [6.07, 6.45) is 16.8. The predicted octanol–water partition coefficient (Wildman–Crippen LogP) is 5.57. The zero-order valence-corrected chi connectivity index (χ0v) is 28.7. The zero-order valence-electron chi connectivity index (χ0n) is 27.8.